The van der Waals surface area contributed by atoms with Crippen LogP contribution in [0.5, 0.6) is 0 Å². The van der Waals surface area contributed by atoms with E-state index in [2.05, 4.69) is 91.3 Å². The second-order valence-electron chi connectivity index (χ2n) is 14.4. The third-order valence-electron chi connectivity index (χ3n) is 8.94. The van der Waals surface area contributed by atoms with Crippen molar-refractivity contribution in [2.45, 2.75) is 180 Å². The summed E-state index contributed by atoms with van der Waals surface area (Å²) in [4.78, 5) is 46.0. The van der Waals surface area contributed by atoms with Crippen molar-refractivity contribution in [2.75, 3.05) is 19.8 Å². The van der Waals surface area contributed by atoms with Crippen molar-refractivity contribution in [3.63, 3.8) is 0 Å². The number of nitrogens with two attached hydrogens (primary N) is 1. The summed E-state index contributed by atoms with van der Waals surface area (Å²) in [6.45, 7) is 2.61. The number of carbonyl (C=O) groups is 3. The third-order valence-corrected chi connectivity index (χ3v) is 9.89. The number of aliphatic carboxylic acids is 1. The maximum atomic E-state index is 12.6. The Hall–Kier alpha value is -3.08. The molecule has 0 fully saturated rings. The number of carbonyl (C=O) groups excluding carboxylic acids is 2. The molecule has 0 spiro atoms. The monoisotopic (exact) mass is 836 g/mol. The minimum atomic E-state index is -4.73. The molecule has 332 valence electrons. The first-order valence-electron chi connectivity index (χ1n) is 22.0. The highest BCUT2D eigenvalue weighted by Crippen LogP contribution is 2.43. The van der Waals surface area contributed by atoms with Crippen LogP contribution in [0.25, 0.3) is 0 Å². The van der Waals surface area contributed by atoms with Gasteiger partial charge in [-0.05, 0) is 83.5 Å². The van der Waals surface area contributed by atoms with E-state index in [1.165, 1.54) is 57.8 Å². The number of phosphoric acid groups is 1. The predicted molar refractivity (Wildman–Crippen MR) is 235 cm³/mol. The van der Waals surface area contributed by atoms with Crippen LogP contribution in [0.15, 0.2) is 72.9 Å². The Balaban J connectivity index is 4.42. The van der Waals surface area contributed by atoms with Gasteiger partial charge in [0, 0.05) is 12.8 Å². The van der Waals surface area contributed by atoms with E-state index in [4.69, 9.17) is 24.8 Å². The van der Waals surface area contributed by atoms with Crippen molar-refractivity contribution in [2.24, 2.45) is 5.73 Å². The summed E-state index contributed by atoms with van der Waals surface area (Å²) in [6.07, 6.45) is 48.2. The lowest BCUT2D eigenvalue weighted by molar-refractivity contribution is -0.161. The molecule has 0 radical (unpaired) electrons. The lowest BCUT2D eigenvalue weighted by Gasteiger charge is -2.20. The molecule has 58 heavy (non-hydrogen) atoms. The summed E-state index contributed by atoms with van der Waals surface area (Å²) in [5, 5.41) is 8.89. The highest BCUT2D eigenvalue weighted by atomic mass is 31.2. The minimum absolute atomic E-state index is 0.144. The van der Waals surface area contributed by atoms with Gasteiger partial charge in [0.2, 0.25) is 0 Å². The van der Waals surface area contributed by atoms with Crippen LogP contribution in [-0.4, -0.2) is 59.9 Å². The molecule has 0 aromatic heterocycles. The molecule has 0 aromatic carbocycles. The van der Waals surface area contributed by atoms with Crippen LogP contribution in [0, 0.1) is 0 Å². The van der Waals surface area contributed by atoms with Crippen LogP contribution in [0.1, 0.15) is 168 Å². The van der Waals surface area contributed by atoms with Gasteiger partial charge >= 0.3 is 25.7 Å². The van der Waals surface area contributed by atoms with Crippen molar-refractivity contribution in [1.82, 2.24) is 0 Å². The van der Waals surface area contributed by atoms with Gasteiger partial charge in [-0.25, -0.2) is 4.57 Å². The Morgan fingerprint density at radius 2 is 0.966 bits per heavy atom. The number of hydrogen-bond acceptors (Lipinski definition) is 9. The van der Waals surface area contributed by atoms with Gasteiger partial charge in [-0.1, -0.05) is 145 Å². The fraction of sp³-hybridized carbons (Fsp3) is 0.674. The lowest BCUT2D eigenvalue weighted by Crippen LogP contribution is -2.34. The molecule has 0 rings (SSSR count). The molecule has 4 N–H and O–H groups in total. The first-order chi connectivity index (χ1) is 28.1. The number of esters is 2. The summed E-state index contributed by atoms with van der Waals surface area (Å²) < 4.78 is 32.7. The number of ether oxygens (including phenoxy) is 2. The first kappa shape index (κ1) is 54.9. The van der Waals surface area contributed by atoms with Crippen molar-refractivity contribution in [1.29, 1.82) is 0 Å². The van der Waals surface area contributed by atoms with Crippen LogP contribution in [0.2, 0.25) is 0 Å². The zero-order valence-corrected chi connectivity index (χ0v) is 36.8. The number of allylic oxidation sites excluding steroid dienone is 12. The summed E-state index contributed by atoms with van der Waals surface area (Å²) in [5.41, 5.74) is 5.33. The van der Waals surface area contributed by atoms with E-state index >= 15 is 0 Å². The van der Waals surface area contributed by atoms with E-state index < -0.39 is 51.1 Å². The standard InChI is InChI=1S/C46H78NO10P/c1-3-5-7-9-11-13-15-17-19-20-21-22-24-26-28-30-32-34-36-38-45(49)57-42(40-55-58(52,53)56-41-43(47)46(50)51)39-54-44(48)37-35-33-31-29-27-25-23-18-16-14-12-10-8-6-4-2/h6,8,11-14,17-19,23,27,29,42-43H,3-5,7,9-10,15-16,20-22,24-26,28,30-41,47H2,1-2H3,(H,50,51)(H,52,53)/b8-6-,13-11-,14-12-,19-17-,23-18-,29-27-/t42-,43+/m1/s1. The molecule has 0 saturated heterocycles. The largest absolute Gasteiger partial charge is 0.480 e. The van der Waals surface area contributed by atoms with Gasteiger partial charge in [0.25, 0.3) is 0 Å². The zero-order valence-electron chi connectivity index (χ0n) is 35.9. The Morgan fingerprint density at radius 3 is 1.48 bits per heavy atom. The molecular formula is C46H78NO10P. The molecule has 0 aromatic rings. The van der Waals surface area contributed by atoms with E-state index in [0.717, 1.165) is 70.6 Å². The lowest BCUT2D eigenvalue weighted by atomic mass is 10.1. The smallest absolute Gasteiger partial charge is 0.472 e. The molecule has 0 aliphatic carbocycles. The van der Waals surface area contributed by atoms with Crippen molar-refractivity contribution in [3.05, 3.63) is 72.9 Å². The molecule has 12 heteroatoms. The maximum absolute atomic E-state index is 12.6. The zero-order chi connectivity index (χ0) is 42.8. The van der Waals surface area contributed by atoms with E-state index in [9.17, 15) is 23.8 Å². The van der Waals surface area contributed by atoms with Gasteiger partial charge in [-0.15, -0.1) is 0 Å². The SMILES string of the molecule is CC/C=C\C/C=C\C/C=C\C/C=C\CCCCC(=O)OC[C@H](COP(=O)(O)OC[C@H](N)C(=O)O)OC(=O)CCCCCCCCCCC/C=C\C/C=C\CCCCC. The van der Waals surface area contributed by atoms with Crippen LogP contribution in [-0.2, 0) is 37.5 Å². The van der Waals surface area contributed by atoms with Gasteiger partial charge in [0.1, 0.15) is 12.6 Å². The molecule has 0 aliphatic heterocycles. The highest BCUT2D eigenvalue weighted by molar-refractivity contribution is 7.47. The topological polar surface area (TPSA) is 172 Å². The van der Waals surface area contributed by atoms with Crippen LogP contribution < -0.4 is 5.73 Å². The first-order valence-corrected chi connectivity index (χ1v) is 23.5. The number of hydrogen-bond donors (Lipinski definition) is 3. The average Bonchev–Trinajstić information content (AvgIpc) is 3.20. The molecule has 0 saturated carbocycles. The van der Waals surface area contributed by atoms with Crippen molar-refractivity contribution >= 4 is 25.7 Å². The molecule has 0 bridgehead atoms. The maximum Gasteiger partial charge on any atom is 0.472 e. The fourth-order valence-corrected chi connectivity index (χ4v) is 6.27. The molecule has 3 atom stereocenters. The number of carboxylic acids is 1. The van der Waals surface area contributed by atoms with Crippen LogP contribution >= 0.6 is 7.82 Å². The van der Waals surface area contributed by atoms with Crippen molar-refractivity contribution in [3.8, 4) is 0 Å². The summed E-state index contributed by atoms with van der Waals surface area (Å²) >= 11 is 0. The minimum Gasteiger partial charge on any atom is -0.480 e. The number of phosphoric ester groups is 1. The molecule has 0 aliphatic rings. The van der Waals surface area contributed by atoms with Crippen molar-refractivity contribution < 1.29 is 47.5 Å². The van der Waals surface area contributed by atoms with Gasteiger partial charge in [-0.2, -0.15) is 0 Å². The Kier molecular flexibility index (Phi) is 38.5. The molecule has 11 nitrogen and oxygen atoms in total. The van der Waals surface area contributed by atoms with E-state index in [1.807, 2.05) is 0 Å². The number of rotatable bonds is 40. The summed E-state index contributed by atoms with van der Waals surface area (Å²) in [7, 11) is -4.73. The second-order valence-corrected chi connectivity index (χ2v) is 15.9. The molecule has 0 heterocycles. The fourth-order valence-electron chi connectivity index (χ4n) is 5.50. The number of carboxylic acid groups (broad SMARTS) is 1. The Morgan fingerprint density at radius 1 is 0.552 bits per heavy atom. The van der Waals surface area contributed by atoms with E-state index in [-0.39, 0.29) is 19.4 Å². The highest BCUT2D eigenvalue weighted by Gasteiger charge is 2.28. The quantitative estimate of drug-likeness (QED) is 0.0232. The Labute approximate surface area is 350 Å². The van der Waals surface area contributed by atoms with Gasteiger partial charge < -0.3 is 25.2 Å². The summed E-state index contributed by atoms with van der Waals surface area (Å²) in [6, 6.07) is -1.53. The van der Waals surface area contributed by atoms with Gasteiger partial charge in [0.05, 0.1) is 13.2 Å². The van der Waals surface area contributed by atoms with Crippen LogP contribution in [0.3, 0.4) is 0 Å². The van der Waals surface area contributed by atoms with Gasteiger partial charge in [0.15, 0.2) is 6.10 Å². The predicted octanol–water partition coefficient (Wildman–Crippen LogP) is 11.7. The Bertz CT molecular complexity index is 1260. The number of unbranched alkanes of at least 4 members (excludes halogenated alkanes) is 14. The van der Waals surface area contributed by atoms with Gasteiger partial charge in [-0.3, -0.25) is 23.4 Å². The second kappa shape index (κ2) is 40.7. The molecule has 0 amide bonds. The normalized spacial score (nSPS) is 14.4. The molecular weight excluding hydrogens is 757 g/mol. The van der Waals surface area contributed by atoms with Crippen LogP contribution in [0.4, 0.5) is 0 Å². The average molecular weight is 836 g/mol. The third kappa shape index (κ3) is 39.7. The van der Waals surface area contributed by atoms with E-state index in [0.29, 0.717) is 12.8 Å². The molecule has 1 unspecified atom stereocenters. The van der Waals surface area contributed by atoms with E-state index in [1.54, 1.807) is 0 Å². The summed E-state index contributed by atoms with van der Waals surface area (Å²) in [5.74, 6) is -2.44.